The van der Waals surface area contributed by atoms with Gasteiger partial charge in [-0.25, -0.2) is 4.68 Å². The number of ether oxygens (including phenoxy) is 5. The van der Waals surface area contributed by atoms with Gasteiger partial charge in [0.05, 0.1) is 6.20 Å². The van der Waals surface area contributed by atoms with Crippen molar-refractivity contribution in [3.63, 3.8) is 0 Å². The highest BCUT2D eigenvalue weighted by Crippen LogP contribution is 2.35. The van der Waals surface area contributed by atoms with Crippen LogP contribution in [0.25, 0.3) is 11.3 Å². The zero-order chi connectivity index (χ0) is 24.8. The molecular formula is C22H25N3O9. The van der Waals surface area contributed by atoms with E-state index in [0.717, 1.165) is 19.4 Å². The monoisotopic (exact) mass is 475 g/mol. The topological polar surface area (TPSA) is 145 Å². The summed E-state index contributed by atoms with van der Waals surface area (Å²) in [7, 11) is 0. The molecule has 2 aromatic rings. The minimum absolute atomic E-state index is 0.325. The molecule has 1 aliphatic heterocycles. The lowest BCUT2D eigenvalue weighted by Crippen LogP contribution is -2.60. The van der Waals surface area contributed by atoms with Gasteiger partial charge in [0.1, 0.15) is 18.4 Å². The van der Waals surface area contributed by atoms with E-state index in [-0.39, 0.29) is 6.61 Å². The first-order valence-corrected chi connectivity index (χ1v) is 10.4. The van der Waals surface area contributed by atoms with Gasteiger partial charge in [0.15, 0.2) is 24.5 Å². The summed E-state index contributed by atoms with van der Waals surface area (Å²) in [5.41, 5.74) is 1.29. The van der Waals surface area contributed by atoms with Crippen molar-refractivity contribution in [2.75, 3.05) is 6.61 Å². The van der Waals surface area contributed by atoms with Crippen LogP contribution in [0.5, 0.6) is 0 Å². The van der Waals surface area contributed by atoms with Gasteiger partial charge in [-0.1, -0.05) is 35.5 Å². The zero-order valence-electron chi connectivity index (χ0n) is 19.1. The van der Waals surface area contributed by atoms with Crippen LogP contribution in [0, 0.1) is 0 Å². The molecule has 1 fully saturated rings. The number of esters is 4. The number of hydrogen-bond donors (Lipinski definition) is 0. The third-order valence-corrected chi connectivity index (χ3v) is 4.81. The van der Waals surface area contributed by atoms with Gasteiger partial charge < -0.3 is 23.7 Å². The normalized spacial score (nSPS) is 24.1. The van der Waals surface area contributed by atoms with Crippen molar-refractivity contribution in [2.24, 2.45) is 0 Å². The largest absolute Gasteiger partial charge is 0.463 e. The maximum absolute atomic E-state index is 11.9. The lowest BCUT2D eigenvalue weighted by Gasteiger charge is -2.44. The van der Waals surface area contributed by atoms with Crippen molar-refractivity contribution in [1.29, 1.82) is 0 Å². The van der Waals surface area contributed by atoms with Crippen molar-refractivity contribution < 1.29 is 42.9 Å². The highest BCUT2D eigenvalue weighted by molar-refractivity contribution is 5.68. The summed E-state index contributed by atoms with van der Waals surface area (Å²) in [6.45, 7) is 4.36. The second kappa shape index (κ2) is 10.9. The molecule has 0 unspecified atom stereocenters. The van der Waals surface area contributed by atoms with E-state index < -0.39 is 54.5 Å². The van der Waals surface area contributed by atoms with Gasteiger partial charge in [-0.3, -0.25) is 19.2 Å². The maximum atomic E-state index is 11.9. The Morgan fingerprint density at radius 1 is 0.853 bits per heavy atom. The summed E-state index contributed by atoms with van der Waals surface area (Å²) >= 11 is 0. The number of rotatable bonds is 7. The molecule has 12 heteroatoms. The van der Waals surface area contributed by atoms with Crippen LogP contribution in [-0.2, 0) is 42.9 Å². The number of aromatic nitrogens is 3. The second-order valence-electron chi connectivity index (χ2n) is 7.54. The molecule has 2 heterocycles. The van der Waals surface area contributed by atoms with Gasteiger partial charge in [-0.05, 0) is 0 Å². The molecule has 5 atom stereocenters. The van der Waals surface area contributed by atoms with E-state index in [1.807, 2.05) is 30.3 Å². The van der Waals surface area contributed by atoms with Gasteiger partial charge in [0.2, 0.25) is 0 Å². The molecule has 0 N–H and O–H groups in total. The number of carbonyl (C=O) groups is 4. The van der Waals surface area contributed by atoms with Crippen molar-refractivity contribution in [1.82, 2.24) is 15.0 Å². The van der Waals surface area contributed by atoms with Crippen molar-refractivity contribution in [3.8, 4) is 11.3 Å². The third kappa shape index (κ3) is 6.16. The van der Waals surface area contributed by atoms with Crippen molar-refractivity contribution in [3.05, 3.63) is 36.5 Å². The van der Waals surface area contributed by atoms with Crippen LogP contribution in [0.15, 0.2) is 36.5 Å². The molecule has 0 spiro atoms. The first kappa shape index (κ1) is 24.8. The van der Waals surface area contributed by atoms with Crippen LogP contribution >= 0.6 is 0 Å². The standard InChI is InChI=1S/C22H25N3O9/c1-12(26)30-11-18-19(31-13(2)27)20(32-14(3)28)21(33-15(4)29)22(34-18)25-10-17(23-24-25)16-8-6-5-7-9-16/h5-10,18-22H,11H2,1-4H3/t18-,19-,20+,21+,22-/m1/s1. The average Bonchev–Trinajstić information content (AvgIpc) is 3.25. The summed E-state index contributed by atoms with van der Waals surface area (Å²) in [5, 5.41) is 8.24. The molecule has 34 heavy (non-hydrogen) atoms. The Morgan fingerprint density at radius 2 is 1.44 bits per heavy atom. The molecule has 182 valence electrons. The number of nitrogens with zero attached hydrogens (tertiary/aromatic N) is 3. The van der Waals surface area contributed by atoms with E-state index in [2.05, 4.69) is 10.3 Å². The molecule has 3 rings (SSSR count). The van der Waals surface area contributed by atoms with Crippen molar-refractivity contribution in [2.45, 2.75) is 58.3 Å². The fraction of sp³-hybridized carbons (Fsp3) is 0.455. The summed E-state index contributed by atoms with van der Waals surface area (Å²) < 4.78 is 28.6. The molecule has 1 saturated heterocycles. The Morgan fingerprint density at radius 3 is 2.03 bits per heavy atom. The van der Waals surface area contributed by atoms with E-state index >= 15 is 0 Å². The number of carbonyl (C=O) groups excluding carboxylic acids is 4. The molecule has 0 bridgehead atoms. The highest BCUT2D eigenvalue weighted by Gasteiger charge is 2.53. The van der Waals surface area contributed by atoms with Gasteiger partial charge in [-0.15, -0.1) is 5.10 Å². The molecule has 0 saturated carbocycles. The number of hydrogen-bond acceptors (Lipinski definition) is 11. The minimum Gasteiger partial charge on any atom is -0.463 e. The molecule has 12 nitrogen and oxygen atoms in total. The molecule has 0 radical (unpaired) electrons. The first-order valence-electron chi connectivity index (χ1n) is 10.4. The Bertz CT molecular complexity index is 1040. The van der Waals surface area contributed by atoms with E-state index in [0.29, 0.717) is 5.69 Å². The second-order valence-corrected chi connectivity index (χ2v) is 7.54. The summed E-state index contributed by atoms with van der Waals surface area (Å²) in [6.07, 6.45) is -4.43. The summed E-state index contributed by atoms with van der Waals surface area (Å²) in [5.74, 6) is -2.71. The molecule has 1 aromatic carbocycles. The van der Waals surface area contributed by atoms with Gasteiger partial charge in [-0.2, -0.15) is 0 Å². The predicted molar refractivity (Wildman–Crippen MR) is 113 cm³/mol. The van der Waals surface area contributed by atoms with Gasteiger partial charge >= 0.3 is 23.9 Å². The average molecular weight is 475 g/mol. The number of benzene rings is 1. The predicted octanol–water partition coefficient (Wildman–Crippen LogP) is 1.20. The Balaban J connectivity index is 2.03. The van der Waals surface area contributed by atoms with E-state index in [4.69, 9.17) is 23.7 Å². The van der Waals surface area contributed by atoms with E-state index in [9.17, 15) is 19.2 Å². The molecule has 1 aromatic heterocycles. The van der Waals surface area contributed by atoms with E-state index in [1.165, 1.54) is 18.5 Å². The fourth-order valence-electron chi connectivity index (χ4n) is 3.56. The Hall–Kier alpha value is -3.80. The third-order valence-electron chi connectivity index (χ3n) is 4.81. The molecular weight excluding hydrogens is 450 g/mol. The SMILES string of the molecule is CC(=O)OC[C@H]1O[C@@H](n2cc(-c3ccccc3)nn2)[C@@H](OC(C)=O)[C@@H](OC(C)=O)[C@@H]1OC(C)=O. The van der Waals surface area contributed by atoms with Crippen LogP contribution in [0.4, 0.5) is 0 Å². The molecule has 0 aliphatic carbocycles. The van der Waals surface area contributed by atoms with Crippen LogP contribution < -0.4 is 0 Å². The maximum Gasteiger partial charge on any atom is 0.303 e. The van der Waals surface area contributed by atoms with Crippen LogP contribution in [-0.4, -0.2) is 69.9 Å². The Kier molecular flexibility index (Phi) is 7.95. The molecule has 0 amide bonds. The summed E-state index contributed by atoms with van der Waals surface area (Å²) in [6, 6.07) is 9.20. The summed E-state index contributed by atoms with van der Waals surface area (Å²) in [4.78, 5) is 47.1. The minimum atomic E-state index is -1.28. The van der Waals surface area contributed by atoms with Crippen LogP contribution in [0.3, 0.4) is 0 Å². The first-order chi connectivity index (χ1) is 16.2. The quantitative estimate of drug-likeness (QED) is 0.420. The molecule has 1 aliphatic rings. The van der Waals surface area contributed by atoms with Crippen LogP contribution in [0.1, 0.15) is 33.9 Å². The fourth-order valence-corrected chi connectivity index (χ4v) is 3.56. The van der Waals surface area contributed by atoms with Gasteiger partial charge in [0, 0.05) is 33.3 Å². The Labute approximate surface area is 195 Å². The lowest BCUT2D eigenvalue weighted by molar-refractivity contribution is -0.270. The van der Waals surface area contributed by atoms with E-state index in [1.54, 1.807) is 6.20 Å². The zero-order valence-corrected chi connectivity index (χ0v) is 19.1. The smallest absolute Gasteiger partial charge is 0.303 e. The van der Waals surface area contributed by atoms with Crippen LogP contribution in [0.2, 0.25) is 0 Å². The highest BCUT2D eigenvalue weighted by atomic mass is 16.7. The van der Waals surface area contributed by atoms with Gasteiger partial charge in [0.25, 0.3) is 0 Å². The van der Waals surface area contributed by atoms with Crippen molar-refractivity contribution >= 4 is 23.9 Å². The lowest BCUT2D eigenvalue weighted by atomic mass is 9.97.